The van der Waals surface area contributed by atoms with Gasteiger partial charge in [-0.25, -0.2) is 4.79 Å². The summed E-state index contributed by atoms with van der Waals surface area (Å²) in [4.78, 5) is 11.7. The maximum Gasteiger partial charge on any atom is 0.377 e. The number of aromatic nitrogens is 1. The van der Waals surface area contributed by atoms with E-state index in [0.29, 0.717) is 17.9 Å². The van der Waals surface area contributed by atoms with Crippen molar-refractivity contribution in [1.82, 2.24) is 5.16 Å². The number of nitrogens with zero attached hydrogens (tertiary/aromatic N) is 1. The summed E-state index contributed by atoms with van der Waals surface area (Å²) in [6, 6.07) is 9.52. The highest BCUT2D eigenvalue weighted by atomic mass is 16.6. The zero-order chi connectivity index (χ0) is 12.3. The number of carbonyl (C=O) groups is 1. The molecule has 0 fully saturated rings. The molecule has 0 N–H and O–H groups in total. The van der Waals surface area contributed by atoms with Crippen molar-refractivity contribution in [2.75, 3.05) is 6.61 Å². The summed E-state index contributed by atoms with van der Waals surface area (Å²) in [5, 5.41) is 3.82. The van der Waals surface area contributed by atoms with Gasteiger partial charge in [-0.15, -0.1) is 0 Å². The first-order valence-corrected chi connectivity index (χ1v) is 5.43. The summed E-state index contributed by atoms with van der Waals surface area (Å²) in [7, 11) is 0. The fourth-order valence-corrected chi connectivity index (χ4v) is 1.65. The second-order valence-corrected chi connectivity index (χ2v) is 3.56. The Morgan fingerprint density at radius 1 is 1.35 bits per heavy atom. The topological polar surface area (TPSA) is 52.3 Å². The van der Waals surface area contributed by atoms with Gasteiger partial charge in [-0.05, 0) is 19.4 Å². The van der Waals surface area contributed by atoms with E-state index in [4.69, 9.17) is 9.26 Å². The van der Waals surface area contributed by atoms with Crippen LogP contribution in [-0.4, -0.2) is 17.7 Å². The highest BCUT2D eigenvalue weighted by molar-refractivity contribution is 5.94. The van der Waals surface area contributed by atoms with Crippen molar-refractivity contribution in [2.45, 2.75) is 13.8 Å². The lowest BCUT2D eigenvalue weighted by Crippen LogP contribution is -2.04. The Bertz CT molecular complexity index is 517. The first-order valence-electron chi connectivity index (χ1n) is 5.43. The Labute approximate surface area is 99.2 Å². The van der Waals surface area contributed by atoms with E-state index < -0.39 is 5.97 Å². The Morgan fingerprint density at radius 2 is 2.06 bits per heavy atom. The SMILES string of the molecule is CCOC(=O)c1onc(C)c1-c1ccccc1. The Morgan fingerprint density at radius 3 is 2.71 bits per heavy atom. The van der Waals surface area contributed by atoms with Crippen LogP contribution in [0.5, 0.6) is 0 Å². The van der Waals surface area contributed by atoms with Gasteiger partial charge in [-0.2, -0.15) is 0 Å². The summed E-state index contributed by atoms with van der Waals surface area (Å²) in [6.45, 7) is 3.87. The van der Waals surface area contributed by atoms with Crippen molar-refractivity contribution in [2.24, 2.45) is 0 Å². The van der Waals surface area contributed by atoms with Crippen molar-refractivity contribution >= 4 is 5.97 Å². The lowest BCUT2D eigenvalue weighted by molar-refractivity contribution is 0.0481. The molecule has 88 valence electrons. The monoisotopic (exact) mass is 231 g/mol. The molecule has 0 aliphatic carbocycles. The average Bonchev–Trinajstić information content (AvgIpc) is 2.73. The quantitative estimate of drug-likeness (QED) is 0.762. The molecule has 0 bridgehead atoms. The molecule has 0 aliphatic rings. The third kappa shape index (κ3) is 2.20. The minimum Gasteiger partial charge on any atom is -0.460 e. The lowest BCUT2D eigenvalue weighted by Gasteiger charge is -2.02. The average molecular weight is 231 g/mol. The molecule has 0 saturated heterocycles. The third-order valence-corrected chi connectivity index (χ3v) is 2.39. The summed E-state index contributed by atoms with van der Waals surface area (Å²) < 4.78 is 9.97. The Balaban J connectivity index is 2.47. The number of benzene rings is 1. The molecule has 0 radical (unpaired) electrons. The first-order chi connectivity index (χ1) is 8.24. The van der Waals surface area contributed by atoms with Crippen LogP contribution in [0.3, 0.4) is 0 Å². The van der Waals surface area contributed by atoms with Gasteiger partial charge in [0, 0.05) is 0 Å². The fraction of sp³-hybridized carbons (Fsp3) is 0.231. The van der Waals surface area contributed by atoms with E-state index in [1.54, 1.807) is 13.8 Å². The smallest absolute Gasteiger partial charge is 0.377 e. The number of rotatable bonds is 3. The van der Waals surface area contributed by atoms with E-state index in [0.717, 1.165) is 5.56 Å². The predicted octanol–water partition coefficient (Wildman–Crippen LogP) is 2.83. The standard InChI is InChI=1S/C13H13NO3/c1-3-16-13(15)12-11(9(2)14-17-12)10-7-5-4-6-8-10/h4-8H,3H2,1-2H3. The number of esters is 1. The van der Waals surface area contributed by atoms with Crippen LogP contribution >= 0.6 is 0 Å². The summed E-state index contributed by atoms with van der Waals surface area (Å²) in [5.41, 5.74) is 2.28. The van der Waals surface area contributed by atoms with Crippen molar-refractivity contribution in [1.29, 1.82) is 0 Å². The first kappa shape index (κ1) is 11.4. The van der Waals surface area contributed by atoms with Gasteiger partial charge in [0.05, 0.1) is 17.9 Å². The molecule has 0 aliphatic heterocycles. The highest BCUT2D eigenvalue weighted by Crippen LogP contribution is 2.27. The van der Waals surface area contributed by atoms with Gasteiger partial charge < -0.3 is 9.26 Å². The molecular weight excluding hydrogens is 218 g/mol. The number of aryl methyl sites for hydroxylation is 1. The molecule has 1 aromatic carbocycles. The molecule has 4 nitrogen and oxygen atoms in total. The van der Waals surface area contributed by atoms with Gasteiger partial charge in [-0.1, -0.05) is 35.5 Å². The van der Waals surface area contributed by atoms with Crippen LogP contribution < -0.4 is 0 Å². The van der Waals surface area contributed by atoms with Crippen LogP contribution in [-0.2, 0) is 4.74 Å². The molecule has 2 aromatic rings. The number of ether oxygens (including phenoxy) is 1. The van der Waals surface area contributed by atoms with Crippen LogP contribution in [0.2, 0.25) is 0 Å². The molecule has 1 heterocycles. The van der Waals surface area contributed by atoms with E-state index in [9.17, 15) is 4.79 Å². The van der Waals surface area contributed by atoms with Crippen LogP contribution in [0.25, 0.3) is 11.1 Å². The van der Waals surface area contributed by atoms with Gasteiger partial charge in [0.25, 0.3) is 5.76 Å². The number of hydrogen-bond donors (Lipinski definition) is 0. The van der Waals surface area contributed by atoms with Crippen LogP contribution in [0.1, 0.15) is 23.2 Å². The molecule has 1 aromatic heterocycles. The molecule has 4 heteroatoms. The number of hydrogen-bond acceptors (Lipinski definition) is 4. The second-order valence-electron chi connectivity index (χ2n) is 3.56. The van der Waals surface area contributed by atoms with Crippen LogP contribution in [0.15, 0.2) is 34.9 Å². The predicted molar refractivity (Wildman–Crippen MR) is 62.6 cm³/mol. The van der Waals surface area contributed by atoms with Crippen LogP contribution in [0.4, 0.5) is 0 Å². The van der Waals surface area contributed by atoms with E-state index >= 15 is 0 Å². The zero-order valence-corrected chi connectivity index (χ0v) is 9.77. The molecular formula is C13H13NO3. The minimum atomic E-state index is -0.480. The van der Waals surface area contributed by atoms with Gasteiger partial charge in [0.15, 0.2) is 0 Å². The molecule has 0 amide bonds. The van der Waals surface area contributed by atoms with Gasteiger partial charge in [-0.3, -0.25) is 0 Å². The van der Waals surface area contributed by atoms with E-state index in [1.165, 1.54) is 0 Å². The number of carbonyl (C=O) groups excluding carboxylic acids is 1. The summed E-state index contributed by atoms with van der Waals surface area (Å²) in [5.74, 6) is -0.317. The van der Waals surface area contributed by atoms with Crippen molar-refractivity contribution < 1.29 is 14.1 Å². The minimum absolute atomic E-state index is 0.163. The van der Waals surface area contributed by atoms with Crippen molar-refractivity contribution in [3.63, 3.8) is 0 Å². The molecule has 0 atom stereocenters. The molecule has 0 saturated carbocycles. The van der Waals surface area contributed by atoms with Gasteiger partial charge >= 0.3 is 5.97 Å². The van der Waals surface area contributed by atoms with Gasteiger partial charge in [0.1, 0.15) is 0 Å². The third-order valence-electron chi connectivity index (χ3n) is 2.39. The fourth-order valence-electron chi connectivity index (χ4n) is 1.65. The Hall–Kier alpha value is -2.10. The van der Waals surface area contributed by atoms with Gasteiger partial charge in [0.2, 0.25) is 0 Å². The van der Waals surface area contributed by atoms with Crippen molar-refractivity contribution in [3.8, 4) is 11.1 Å². The van der Waals surface area contributed by atoms with Crippen molar-refractivity contribution in [3.05, 3.63) is 41.8 Å². The second kappa shape index (κ2) is 4.82. The molecule has 17 heavy (non-hydrogen) atoms. The van der Waals surface area contributed by atoms with E-state index in [-0.39, 0.29) is 5.76 Å². The van der Waals surface area contributed by atoms with E-state index in [1.807, 2.05) is 30.3 Å². The largest absolute Gasteiger partial charge is 0.460 e. The maximum absolute atomic E-state index is 11.7. The highest BCUT2D eigenvalue weighted by Gasteiger charge is 2.22. The van der Waals surface area contributed by atoms with E-state index in [2.05, 4.69) is 5.16 Å². The normalized spacial score (nSPS) is 10.2. The molecule has 2 rings (SSSR count). The summed E-state index contributed by atoms with van der Waals surface area (Å²) >= 11 is 0. The Kier molecular flexibility index (Phi) is 3.23. The summed E-state index contributed by atoms with van der Waals surface area (Å²) in [6.07, 6.45) is 0. The maximum atomic E-state index is 11.7. The van der Waals surface area contributed by atoms with Crippen LogP contribution in [0, 0.1) is 6.92 Å². The molecule has 0 spiro atoms. The molecule has 0 unspecified atom stereocenters. The lowest BCUT2D eigenvalue weighted by atomic mass is 10.0. The zero-order valence-electron chi connectivity index (χ0n) is 9.77.